The molecular formula is C18H35N7O6S. The number of carbonyl (C=O) groups excluding carboxylic acids is 3. The number of aliphatic hydroxyl groups excluding tert-OH is 1. The van der Waals surface area contributed by atoms with Crippen LogP contribution in [0.25, 0.3) is 0 Å². The van der Waals surface area contributed by atoms with Crippen LogP contribution in [0.5, 0.6) is 0 Å². The quantitative estimate of drug-likeness (QED) is 0.0531. The molecule has 0 saturated heterocycles. The van der Waals surface area contributed by atoms with Crippen molar-refractivity contribution < 1.29 is 29.4 Å². The first kappa shape index (κ1) is 29.4. The van der Waals surface area contributed by atoms with Gasteiger partial charge in [-0.25, -0.2) is 4.79 Å². The van der Waals surface area contributed by atoms with E-state index in [0.717, 1.165) is 0 Å². The van der Waals surface area contributed by atoms with Crippen LogP contribution in [0.1, 0.15) is 33.6 Å². The number of rotatable bonds is 14. The first-order chi connectivity index (χ1) is 14.8. The molecule has 0 saturated carbocycles. The van der Waals surface area contributed by atoms with Gasteiger partial charge in [-0.05, 0) is 25.7 Å². The lowest BCUT2D eigenvalue weighted by atomic mass is 10.0. The minimum absolute atomic E-state index is 0.0679. The molecule has 32 heavy (non-hydrogen) atoms. The summed E-state index contributed by atoms with van der Waals surface area (Å²) in [6.07, 6.45) is -0.623. The predicted molar refractivity (Wildman–Crippen MR) is 122 cm³/mol. The molecule has 0 aliphatic heterocycles. The fourth-order valence-electron chi connectivity index (χ4n) is 2.54. The van der Waals surface area contributed by atoms with Gasteiger partial charge in [-0.2, -0.15) is 12.6 Å². The van der Waals surface area contributed by atoms with Crippen molar-refractivity contribution in [3.63, 3.8) is 0 Å². The Morgan fingerprint density at radius 3 is 1.97 bits per heavy atom. The topological polar surface area (TPSA) is 235 Å². The maximum absolute atomic E-state index is 12.6. The zero-order chi connectivity index (χ0) is 25.0. The average Bonchev–Trinajstić information content (AvgIpc) is 2.69. The van der Waals surface area contributed by atoms with Crippen LogP contribution in [0.4, 0.5) is 0 Å². The van der Waals surface area contributed by atoms with E-state index < -0.39 is 59.9 Å². The average molecular weight is 478 g/mol. The highest BCUT2D eigenvalue weighted by Gasteiger charge is 2.32. The first-order valence-electron chi connectivity index (χ1n) is 10.1. The molecule has 14 heteroatoms. The summed E-state index contributed by atoms with van der Waals surface area (Å²) in [5.74, 6) is -4.05. The number of nitrogens with zero attached hydrogens (tertiary/aromatic N) is 1. The summed E-state index contributed by atoms with van der Waals surface area (Å²) in [5, 5.41) is 25.8. The molecule has 184 valence electrons. The van der Waals surface area contributed by atoms with Gasteiger partial charge in [-0.3, -0.25) is 19.4 Å². The summed E-state index contributed by atoms with van der Waals surface area (Å²) in [6.45, 7) is 4.80. The van der Waals surface area contributed by atoms with E-state index in [4.69, 9.17) is 22.3 Å². The second kappa shape index (κ2) is 14.5. The maximum atomic E-state index is 12.6. The summed E-state index contributed by atoms with van der Waals surface area (Å²) in [6, 6.07) is -4.66. The second-order valence-corrected chi connectivity index (χ2v) is 7.96. The molecule has 0 bridgehead atoms. The molecule has 0 aromatic heterocycles. The number of carbonyl (C=O) groups is 4. The third-order valence-electron chi connectivity index (χ3n) is 4.41. The van der Waals surface area contributed by atoms with Gasteiger partial charge >= 0.3 is 5.97 Å². The third-order valence-corrected chi connectivity index (χ3v) is 4.78. The van der Waals surface area contributed by atoms with E-state index in [-0.39, 0.29) is 18.1 Å². The molecule has 3 amide bonds. The normalized spacial score (nSPS) is 15.6. The Morgan fingerprint density at radius 1 is 0.969 bits per heavy atom. The van der Waals surface area contributed by atoms with Crippen molar-refractivity contribution in [3.8, 4) is 0 Å². The molecule has 11 N–H and O–H groups in total. The van der Waals surface area contributed by atoms with Crippen molar-refractivity contribution in [1.29, 1.82) is 0 Å². The van der Waals surface area contributed by atoms with Crippen molar-refractivity contribution in [1.82, 2.24) is 16.0 Å². The molecular weight excluding hydrogens is 442 g/mol. The van der Waals surface area contributed by atoms with Crippen LogP contribution in [0.15, 0.2) is 4.99 Å². The number of amides is 3. The van der Waals surface area contributed by atoms with Crippen LogP contribution in [0.3, 0.4) is 0 Å². The van der Waals surface area contributed by atoms with Crippen molar-refractivity contribution in [2.75, 3.05) is 12.3 Å². The Morgan fingerprint density at radius 2 is 1.53 bits per heavy atom. The lowest BCUT2D eigenvalue weighted by Crippen LogP contribution is -2.60. The van der Waals surface area contributed by atoms with E-state index >= 15 is 0 Å². The number of aliphatic carboxylic acids is 1. The SMILES string of the molecule is CC(C)C(NC(=O)C(CS)NC(=O)C(N)CCCN=C(N)N)C(=O)NC(C(=O)O)C(C)O. The lowest BCUT2D eigenvalue weighted by Gasteiger charge is -2.27. The molecule has 5 atom stereocenters. The van der Waals surface area contributed by atoms with Gasteiger partial charge in [0.25, 0.3) is 0 Å². The highest BCUT2D eigenvalue weighted by molar-refractivity contribution is 7.80. The van der Waals surface area contributed by atoms with E-state index in [9.17, 15) is 24.3 Å². The molecule has 0 spiro atoms. The molecule has 5 unspecified atom stereocenters. The molecule has 13 nitrogen and oxygen atoms in total. The fourth-order valence-corrected chi connectivity index (χ4v) is 2.80. The second-order valence-electron chi connectivity index (χ2n) is 7.59. The number of guanidine groups is 1. The number of nitrogens with two attached hydrogens (primary N) is 3. The molecule has 0 aromatic rings. The number of hydrogen-bond donors (Lipinski definition) is 9. The standard InChI is InChI=1S/C18H35N7O6S/c1-8(2)12(16(29)25-13(9(3)26)17(30)31)24-15(28)11(7-32)23-14(27)10(19)5-4-6-22-18(20)21/h8-13,26,32H,4-7,19H2,1-3H3,(H,23,27)(H,24,28)(H,25,29)(H,30,31)(H4,20,21,22). The predicted octanol–water partition coefficient (Wildman–Crippen LogP) is -3.13. The van der Waals surface area contributed by atoms with Crippen LogP contribution in [0, 0.1) is 5.92 Å². The van der Waals surface area contributed by atoms with Gasteiger partial charge in [0, 0.05) is 12.3 Å². The summed E-state index contributed by atoms with van der Waals surface area (Å²) >= 11 is 4.07. The Hall–Kier alpha value is -2.58. The zero-order valence-electron chi connectivity index (χ0n) is 18.4. The Bertz CT molecular complexity index is 685. The van der Waals surface area contributed by atoms with Gasteiger partial charge in [0.2, 0.25) is 17.7 Å². The number of aliphatic hydroxyl groups is 1. The van der Waals surface area contributed by atoms with Gasteiger partial charge in [0.15, 0.2) is 12.0 Å². The number of aliphatic imine (C=N–C) groups is 1. The minimum atomic E-state index is -1.54. The summed E-state index contributed by atoms with van der Waals surface area (Å²) in [4.78, 5) is 52.4. The highest BCUT2D eigenvalue weighted by Crippen LogP contribution is 2.05. The Kier molecular flexibility index (Phi) is 13.3. The van der Waals surface area contributed by atoms with Crippen molar-refractivity contribution in [2.24, 2.45) is 28.1 Å². The summed E-state index contributed by atoms with van der Waals surface area (Å²) < 4.78 is 0. The van der Waals surface area contributed by atoms with Crippen LogP contribution < -0.4 is 33.2 Å². The molecule has 0 radical (unpaired) electrons. The van der Waals surface area contributed by atoms with E-state index in [1.54, 1.807) is 13.8 Å². The van der Waals surface area contributed by atoms with Crippen molar-refractivity contribution in [3.05, 3.63) is 0 Å². The largest absolute Gasteiger partial charge is 0.480 e. The van der Waals surface area contributed by atoms with Gasteiger partial charge in [0.1, 0.15) is 12.1 Å². The van der Waals surface area contributed by atoms with Crippen LogP contribution >= 0.6 is 12.6 Å². The number of nitrogens with one attached hydrogen (secondary N) is 3. The highest BCUT2D eigenvalue weighted by atomic mass is 32.1. The first-order valence-corrected chi connectivity index (χ1v) is 10.7. The third kappa shape index (κ3) is 10.6. The zero-order valence-corrected chi connectivity index (χ0v) is 19.3. The van der Waals surface area contributed by atoms with Crippen LogP contribution in [-0.2, 0) is 19.2 Å². The monoisotopic (exact) mass is 477 g/mol. The lowest BCUT2D eigenvalue weighted by molar-refractivity contribution is -0.145. The molecule has 0 aromatic carbocycles. The van der Waals surface area contributed by atoms with E-state index in [0.29, 0.717) is 13.0 Å². The number of thiol groups is 1. The van der Waals surface area contributed by atoms with E-state index in [2.05, 4.69) is 33.6 Å². The molecule has 0 aliphatic rings. The fraction of sp³-hybridized carbons (Fsp3) is 0.722. The van der Waals surface area contributed by atoms with Crippen molar-refractivity contribution >= 4 is 42.3 Å². The van der Waals surface area contributed by atoms with Gasteiger partial charge in [-0.1, -0.05) is 13.8 Å². The van der Waals surface area contributed by atoms with Crippen LogP contribution in [-0.4, -0.2) is 82.4 Å². The van der Waals surface area contributed by atoms with Gasteiger partial charge in [0.05, 0.1) is 12.1 Å². The number of carboxylic acids is 1. The minimum Gasteiger partial charge on any atom is -0.480 e. The summed E-state index contributed by atoms with van der Waals surface area (Å²) in [5.41, 5.74) is 16.3. The molecule has 0 rings (SSSR count). The smallest absolute Gasteiger partial charge is 0.328 e. The van der Waals surface area contributed by atoms with Crippen LogP contribution in [0.2, 0.25) is 0 Å². The number of carboxylic acid groups (broad SMARTS) is 1. The maximum Gasteiger partial charge on any atom is 0.328 e. The summed E-state index contributed by atoms with van der Waals surface area (Å²) in [7, 11) is 0. The molecule has 0 heterocycles. The van der Waals surface area contributed by atoms with Crippen molar-refractivity contribution in [2.45, 2.75) is 63.9 Å². The molecule has 0 fully saturated rings. The van der Waals surface area contributed by atoms with E-state index in [1.807, 2.05) is 0 Å². The Balaban J connectivity index is 5.04. The number of hydrogen-bond acceptors (Lipinski definition) is 8. The molecule has 0 aliphatic carbocycles. The Labute approximate surface area is 192 Å². The van der Waals surface area contributed by atoms with Gasteiger partial charge < -0.3 is 43.4 Å². The van der Waals surface area contributed by atoms with Gasteiger partial charge in [-0.15, -0.1) is 0 Å². The van der Waals surface area contributed by atoms with E-state index in [1.165, 1.54) is 6.92 Å².